The second-order valence-electron chi connectivity index (χ2n) is 13.9. The molecule has 3 aliphatic rings. The van der Waals surface area contributed by atoms with E-state index >= 15 is 0 Å². The summed E-state index contributed by atoms with van der Waals surface area (Å²) in [6, 6.07) is 3.77. The van der Waals surface area contributed by atoms with Crippen LogP contribution in [0.5, 0.6) is 0 Å². The van der Waals surface area contributed by atoms with Gasteiger partial charge in [0.25, 0.3) is 5.92 Å². The predicted molar refractivity (Wildman–Crippen MR) is 174 cm³/mol. The van der Waals surface area contributed by atoms with Gasteiger partial charge >= 0.3 is 6.18 Å². The van der Waals surface area contributed by atoms with Crippen molar-refractivity contribution in [3.8, 4) is 11.3 Å². The molecule has 2 saturated heterocycles. The molecule has 3 aliphatic heterocycles. The largest absolute Gasteiger partial charge is 0.417 e. The Hall–Kier alpha value is -1.82. The lowest BCUT2D eigenvalue weighted by Gasteiger charge is -2.38. The standard InChI is InChI=1S/C32H46F5N5O4S2/c1-30(2,44)23-6-11-40(12-7-23)19-24(43)20-42-27-8-13-41(48(3,45)46)21-25(27)29(38-42)22-4-5-26(32(35,36)37)28(18-22)47-17-16-39-14-9-31(33,34)10-15-39/h4-5,18,23-24,43-44H,6-17,19-21H2,1-3H3/t24-/m0/s1. The van der Waals surface area contributed by atoms with Crippen molar-refractivity contribution in [2.24, 2.45) is 5.92 Å². The number of β-amino-alcohol motifs (C(OH)–C–C–N with tert-alkyl or cyclic N) is 1. The van der Waals surface area contributed by atoms with Gasteiger partial charge in [-0.15, -0.1) is 11.8 Å². The van der Waals surface area contributed by atoms with Crippen LogP contribution in [0.2, 0.25) is 0 Å². The minimum Gasteiger partial charge on any atom is -0.390 e. The predicted octanol–water partition coefficient (Wildman–Crippen LogP) is 4.55. The number of hydrogen-bond donors (Lipinski definition) is 2. The van der Waals surface area contributed by atoms with E-state index in [4.69, 9.17) is 5.10 Å². The lowest BCUT2D eigenvalue weighted by molar-refractivity contribution is -0.139. The first-order valence-corrected chi connectivity index (χ1v) is 19.2. The van der Waals surface area contributed by atoms with Gasteiger partial charge in [0.15, 0.2) is 0 Å². The molecule has 4 heterocycles. The fourth-order valence-corrected chi connectivity index (χ4v) is 8.83. The van der Waals surface area contributed by atoms with Gasteiger partial charge in [-0.1, -0.05) is 6.07 Å². The average molecular weight is 724 g/mol. The van der Waals surface area contributed by atoms with E-state index in [2.05, 4.69) is 4.90 Å². The molecule has 48 heavy (non-hydrogen) atoms. The minimum atomic E-state index is -4.62. The molecule has 270 valence electrons. The number of aliphatic hydroxyl groups excluding tert-OH is 1. The van der Waals surface area contributed by atoms with Gasteiger partial charge in [0.05, 0.1) is 35.8 Å². The zero-order chi connectivity index (χ0) is 35.1. The Balaban J connectivity index is 1.37. The number of aromatic nitrogens is 2. The molecule has 0 spiro atoms. The van der Waals surface area contributed by atoms with Crippen LogP contribution in [0.15, 0.2) is 23.1 Å². The number of piperidine rings is 2. The van der Waals surface area contributed by atoms with Crippen molar-refractivity contribution in [2.45, 2.75) is 87.7 Å². The number of nitrogens with zero attached hydrogens (tertiary/aromatic N) is 5. The molecule has 5 rings (SSSR count). The molecular formula is C32H46F5N5O4S2. The summed E-state index contributed by atoms with van der Waals surface area (Å²) in [6.45, 7) is 6.55. The number of alkyl halides is 5. The minimum absolute atomic E-state index is 0.00709. The molecule has 16 heteroatoms. The quantitative estimate of drug-likeness (QED) is 0.258. The smallest absolute Gasteiger partial charge is 0.390 e. The van der Waals surface area contributed by atoms with Gasteiger partial charge in [-0.2, -0.15) is 22.6 Å². The van der Waals surface area contributed by atoms with Crippen molar-refractivity contribution in [3.05, 3.63) is 35.0 Å². The Morgan fingerprint density at radius 2 is 1.71 bits per heavy atom. The summed E-state index contributed by atoms with van der Waals surface area (Å²) in [4.78, 5) is 3.96. The van der Waals surface area contributed by atoms with Gasteiger partial charge in [0.2, 0.25) is 10.0 Å². The number of halogens is 5. The monoisotopic (exact) mass is 723 g/mol. The molecule has 0 unspecified atom stereocenters. The number of rotatable bonds is 11. The summed E-state index contributed by atoms with van der Waals surface area (Å²) in [5, 5.41) is 26.2. The van der Waals surface area contributed by atoms with Crippen LogP contribution in [-0.2, 0) is 35.7 Å². The third kappa shape index (κ3) is 9.29. The number of hydrogen-bond acceptors (Lipinski definition) is 8. The van der Waals surface area contributed by atoms with Crippen LogP contribution in [-0.4, -0.2) is 118 Å². The normalized spacial score (nSPS) is 21.4. The first-order valence-electron chi connectivity index (χ1n) is 16.4. The Morgan fingerprint density at radius 1 is 1.04 bits per heavy atom. The highest BCUT2D eigenvalue weighted by molar-refractivity contribution is 7.99. The van der Waals surface area contributed by atoms with Crippen molar-refractivity contribution in [2.75, 3.05) is 57.8 Å². The summed E-state index contributed by atoms with van der Waals surface area (Å²) >= 11 is 1.01. The first-order chi connectivity index (χ1) is 22.3. The molecule has 1 aromatic heterocycles. The van der Waals surface area contributed by atoms with Gasteiger partial charge in [-0.05, 0) is 57.8 Å². The van der Waals surface area contributed by atoms with E-state index < -0.39 is 39.4 Å². The van der Waals surface area contributed by atoms with Gasteiger partial charge in [-0.25, -0.2) is 17.2 Å². The number of benzene rings is 1. The van der Waals surface area contributed by atoms with Gasteiger partial charge in [0.1, 0.15) is 0 Å². The van der Waals surface area contributed by atoms with E-state index in [1.807, 2.05) is 18.7 Å². The molecule has 0 radical (unpaired) electrons. The molecule has 0 saturated carbocycles. The van der Waals surface area contributed by atoms with Crippen molar-refractivity contribution in [1.29, 1.82) is 0 Å². The Kier molecular flexibility index (Phi) is 11.3. The highest BCUT2D eigenvalue weighted by Gasteiger charge is 2.37. The van der Waals surface area contributed by atoms with Crippen LogP contribution >= 0.6 is 11.8 Å². The summed E-state index contributed by atoms with van der Waals surface area (Å²) in [5.41, 5.74) is 0.522. The van der Waals surface area contributed by atoms with Gasteiger partial charge < -0.3 is 20.0 Å². The SMILES string of the molecule is CC(C)(O)C1CCN(C[C@H](O)Cn2nc(-c3ccc(C(F)(F)F)c(SCCN4CCC(F)(F)CC4)c3)c3c2CCN(S(C)(=O)=O)C3)CC1. The Labute approximate surface area is 283 Å². The van der Waals surface area contributed by atoms with Crippen LogP contribution in [0.3, 0.4) is 0 Å². The molecule has 0 aliphatic carbocycles. The fraction of sp³-hybridized carbons (Fsp3) is 0.719. The molecule has 1 aromatic carbocycles. The molecule has 0 amide bonds. The summed E-state index contributed by atoms with van der Waals surface area (Å²) in [5.74, 6) is -2.26. The van der Waals surface area contributed by atoms with Crippen molar-refractivity contribution in [1.82, 2.24) is 23.9 Å². The molecule has 0 bridgehead atoms. The first kappa shape index (κ1) is 37.4. The van der Waals surface area contributed by atoms with Gasteiger partial charge in [-0.3, -0.25) is 4.68 Å². The van der Waals surface area contributed by atoms with Crippen molar-refractivity contribution < 1.29 is 40.6 Å². The average Bonchev–Trinajstić information content (AvgIpc) is 3.34. The number of thioether (sulfide) groups is 1. The van der Waals surface area contributed by atoms with E-state index in [9.17, 15) is 40.6 Å². The number of fused-ring (bicyclic) bond motifs is 1. The molecule has 9 nitrogen and oxygen atoms in total. The highest BCUT2D eigenvalue weighted by Crippen LogP contribution is 2.41. The van der Waals surface area contributed by atoms with E-state index in [0.29, 0.717) is 36.3 Å². The topological polar surface area (TPSA) is 102 Å². The zero-order valence-electron chi connectivity index (χ0n) is 27.6. The maximum absolute atomic E-state index is 14.1. The molecular weight excluding hydrogens is 678 g/mol. The third-order valence-electron chi connectivity index (χ3n) is 9.82. The van der Waals surface area contributed by atoms with Crippen LogP contribution in [0, 0.1) is 5.92 Å². The summed E-state index contributed by atoms with van der Waals surface area (Å²) in [7, 11) is -3.56. The number of likely N-dealkylation sites (tertiary alicyclic amines) is 2. The van der Waals surface area contributed by atoms with Crippen LogP contribution in [0.25, 0.3) is 11.3 Å². The van der Waals surface area contributed by atoms with Crippen LogP contribution < -0.4 is 0 Å². The summed E-state index contributed by atoms with van der Waals surface area (Å²) in [6.07, 6.45) is -2.90. The lowest BCUT2D eigenvalue weighted by Crippen LogP contribution is -2.45. The number of sulfonamides is 1. The van der Waals surface area contributed by atoms with Gasteiger partial charge in [0, 0.05) is 86.0 Å². The fourth-order valence-electron chi connectivity index (χ4n) is 6.92. The van der Waals surface area contributed by atoms with Crippen molar-refractivity contribution in [3.63, 3.8) is 0 Å². The second kappa shape index (κ2) is 14.4. The molecule has 2 aromatic rings. The Morgan fingerprint density at radius 3 is 2.31 bits per heavy atom. The zero-order valence-corrected chi connectivity index (χ0v) is 29.3. The second-order valence-corrected chi connectivity index (χ2v) is 17.1. The van der Waals surface area contributed by atoms with Crippen LogP contribution in [0.1, 0.15) is 56.4 Å². The van der Waals surface area contributed by atoms with E-state index in [1.165, 1.54) is 16.4 Å². The van der Waals surface area contributed by atoms with E-state index in [-0.39, 0.29) is 62.1 Å². The summed E-state index contributed by atoms with van der Waals surface area (Å²) < 4.78 is 97.3. The number of aliphatic hydroxyl groups is 2. The van der Waals surface area contributed by atoms with Crippen molar-refractivity contribution >= 4 is 21.8 Å². The molecule has 2 N–H and O–H groups in total. The van der Waals surface area contributed by atoms with E-state index in [0.717, 1.165) is 55.7 Å². The van der Waals surface area contributed by atoms with Crippen LogP contribution in [0.4, 0.5) is 22.0 Å². The molecule has 1 atom stereocenters. The Bertz CT molecular complexity index is 1530. The lowest BCUT2D eigenvalue weighted by atomic mass is 9.83. The maximum atomic E-state index is 14.1. The highest BCUT2D eigenvalue weighted by atomic mass is 32.2. The van der Waals surface area contributed by atoms with E-state index in [1.54, 1.807) is 4.68 Å². The molecule has 2 fully saturated rings. The maximum Gasteiger partial charge on any atom is 0.417 e. The third-order valence-corrected chi connectivity index (χ3v) is 12.1.